The van der Waals surface area contributed by atoms with Crippen molar-refractivity contribution in [3.63, 3.8) is 0 Å². The SMILES string of the molecule is CC.CNc1c(C=N)cccc1COc1ccc(-c2cnc(COc3ccc(C)nc3C=O)c3ccccc23)nc1C=O. The van der Waals surface area contributed by atoms with Crippen molar-refractivity contribution in [3.05, 3.63) is 107 Å². The molecule has 5 aromatic rings. The Balaban J connectivity index is 0.00000207. The van der Waals surface area contributed by atoms with E-state index in [2.05, 4.69) is 20.3 Å². The molecule has 5 rings (SSSR count). The maximum atomic E-state index is 12.0. The molecule has 3 heterocycles. The van der Waals surface area contributed by atoms with E-state index in [-0.39, 0.29) is 24.6 Å². The number of aldehydes is 2. The second-order valence-corrected chi connectivity index (χ2v) is 9.17. The Bertz CT molecular complexity index is 1770. The number of rotatable bonds is 11. The van der Waals surface area contributed by atoms with E-state index in [0.29, 0.717) is 35.5 Å². The highest BCUT2D eigenvalue weighted by Gasteiger charge is 2.15. The van der Waals surface area contributed by atoms with E-state index in [1.54, 1.807) is 37.5 Å². The van der Waals surface area contributed by atoms with Crippen LogP contribution in [0.3, 0.4) is 0 Å². The van der Waals surface area contributed by atoms with Crippen LogP contribution < -0.4 is 14.8 Å². The van der Waals surface area contributed by atoms with Gasteiger partial charge < -0.3 is 20.2 Å². The van der Waals surface area contributed by atoms with Crippen LogP contribution in [0.25, 0.3) is 22.0 Å². The normalized spacial score (nSPS) is 10.3. The first-order chi connectivity index (χ1) is 21.1. The number of fused-ring (bicyclic) bond motifs is 1. The Morgan fingerprint density at radius 2 is 1.49 bits per heavy atom. The Hall–Kier alpha value is -5.44. The molecule has 0 aliphatic carbocycles. The van der Waals surface area contributed by atoms with Crippen LogP contribution >= 0.6 is 0 Å². The van der Waals surface area contributed by atoms with Crippen molar-refractivity contribution in [2.75, 3.05) is 12.4 Å². The molecule has 0 fully saturated rings. The van der Waals surface area contributed by atoms with Crippen LogP contribution in [-0.4, -0.2) is 40.8 Å². The molecular weight excluding hydrogens is 542 g/mol. The van der Waals surface area contributed by atoms with E-state index in [0.717, 1.165) is 38.8 Å². The first-order valence-electron chi connectivity index (χ1n) is 13.9. The molecule has 0 aliphatic rings. The number of nitrogens with zero attached hydrogens (tertiary/aromatic N) is 3. The summed E-state index contributed by atoms with van der Waals surface area (Å²) in [6.07, 6.45) is 4.33. The smallest absolute Gasteiger partial charge is 0.172 e. The van der Waals surface area contributed by atoms with Crippen LogP contribution in [0.2, 0.25) is 0 Å². The number of carbonyl (C=O) groups excluding carboxylic acids is 2. The molecule has 9 nitrogen and oxygen atoms in total. The number of anilines is 1. The van der Waals surface area contributed by atoms with Gasteiger partial charge in [-0.1, -0.05) is 56.3 Å². The molecule has 0 radical (unpaired) electrons. The fourth-order valence-electron chi connectivity index (χ4n) is 4.63. The van der Waals surface area contributed by atoms with Gasteiger partial charge in [-0.2, -0.15) is 0 Å². The molecule has 218 valence electrons. The van der Waals surface area contributed by atoms with Gasteiger partial charge in [0.05, 0.1) is 11.4 Å². The molecule has 0 amide bonds. The fourth-order valence-corrected chi connectivity index (χ4v) is 4.63. The minimum atomic E-state index is 0.139. The average molecular weight is 576 g/mol. The number of nitrogens with one attached hydrogen (secondary N) is 2. The third-order valence-corrected chi connectivity index (χ3v) is 6.62. The first kappa shape index (κ1) is 30.5. The van der Waals surface area contributed by atoms with Crippen molar-refractivity contribution >= 4 is 35.2 Å². The van der Waals surface area contributed by atoms with E-state index < -0.39 is 0 Å². The molecule has 3 aromatic heterocycles. The minimum absolute atomic E-state index is 0.139. The minimum Gasteiger partial charge on any atom is -0.486 e. The highest BCUT2D eigenvalue weighted by molar-refractivity contribution is 5.97. The summed E-state index contributed by atoms with van der Waals surface area (Å²) in [5.74, 6) is 0.742. The highest BCUT2D eigenvalue weighted by atomic mass is 16.5. The van der Waals surface area contributed by atoms with Crippen LogP contribution in [0.4, 0.5) is 5.69 Å². The maximum absolute atomic E-state index is 12.0. The van der Waals surface area contributed by atoms with Crippen LogP contribution in [0, 0.1) is 12.3 Å². The zero-order chi connectivity index (χ0) is 30.8. The van der Waals surface area contributed by atoms with Gasteiger partial charge >= 0.3 is 0 Å². The van der Waals surface area contributed by atoms with Gasteiger partial charge in [0.2, 0.25) is 0 Å². The van der Waals surface area contributed by atoms with E-state index in [1.807, 2.05) is 63.2 Å². The van der Waals surface area contributed by atoms with E-state index in [1.165, 1.54) is 6.21 Å². The van der Waals surface area contributed by atoms with Crippen molar-refractivity contribution in [3.8, 4) is 22.8 Å². The molecule has 9 heteroatoms. The Morgan fingerprint density at radius 3 is 2.19 bits per heavy atom. The van der Waals surface area contributed by atoms with Crippen molar-refractivity contribution in [2.45, 2.75) is 34.0 Å². The predicted octanol–water partition coefficient (Wildman–Crippen LogP) is 6.85. The lowest BCUT2D eigenvalue weighted by molar-refractivity contribution is 0.110. The second kappa shape index (κ2) is 14.5. The summed E-state index contributed by atoms with van der Waals surface area (Å²) in [7, 11) is 1.79. The monoisotopic (exact) mass is 575 g/mol. The Kier molecular flexibility index (Phi) is 10.3. The largest absolute Gasteiger partial charge is 0.486 e. The number of aryl methyl sites for hydroxylation is 1. The number of pyridine rings is 3. The van der Waals surface area contributed by atoms with E-state index >= 15 is 0 Å². The molecule has 0 spiro atoms. The molecule has 0 aliphatic heterocycles. The number of hydrogen-bond acceptors (Lipinski definition) is 9. The van der Waals surface area contributed by atoms with Crippen LogP contribution in [0.1, 0.15) is 57.3 Å². The van der Waals surface area contributed by atoms with E-state index in [9.17, 15) is 9.59 Å². The number of ether oxygens (including phenoxy) is 2. The predicted molar refractivity (Wildman–Crippen MR) is 169 cm³/mol. The van der Waals surface area contributed by atoms with Gasteiger partial charge in [-0.15, -0.1) is 0 Å². The molecule has 0 bridgehead atoms. The van der Waals surface area contributed by atoms with Gasteiger partial charge in [0.1, 0.15) is 36.1 Å². The van der Waals surface area contributed by atoms with Crippen molar-refractivity contribution in [1.82, 2.24) is 15.0 Å². The lowest BCUT2D eigenvalue weighted by atomic mass is 10.0. The lowest BCUT2D eigenvalue weighted by Crippen LogP contribution is -2.06. The molecule has 0 unspecified atom stereocenters. The molecule has 0 atom stereocenters. The summed E-state index contributed by atoms with van der Waals surface area (Å²) in [6, 6.07) is 20.4. The van der Waals surface area contributed by atoms with Gasteiger partial charge in [0.25, 0.3) is 0 Å². The number of benzene rings is 2. The number of hydrogen-bond donors (Lipinski definition) is 2. The standard InChI is InChI=1S/C32H27N5O4.C2H6/c1-20-10-12-30(27(16-38)36-20)41-19-29-24-9-4-3-8-23(24)25(15-35-29)26-11-13-31(28(17-39)37-26)40-18-22-7-5-6-21(14-33)32(22)34-2;1-2/h3-17,33-34H,18-19H2,1-2H3;1-2H3. The second-order valence-electron chi connectivity index (χ2n) is 9.17. The van der Waals surface area contributed by atoms with E-state index in [4.69, 9.17) is 14.9 Å². The molecule has 2 aromatic carbocycles. The highest BCUT2D eigenvalue weighted by Crippen LogP contribution is 2.31. The van der Waals surface area contributed by atoms with Crippen molar-refractivity contribution < 1.29 is 19.1 Å². The molecule has 0 saturated heterocycles. The van der Waals surface area contributed by atoms with Crippen LogP contribution in [-0.2, 0) is 13.2 Å². The zero-order valence-corrected chi connectivity index (χ0v) is 24.5. The summed E-state index contributed by atoms with van der Waals surface area (Å²) in [5, 5.41) is 12.5. The molecule has 0 saturated carbocycles. The number of aromatic nitrogens is 3. The van der Waals surface area contributed by atoms with Gasteiger partial charge in [0, 0.05) is 52.9 Å². The third-order valence-electron chi connectivity index (χ3n) is 6.62. The summed E-state index contributed by atoms with van der Waals surface area (Å²) >= 11 is 0. The molecule has 2 N–H and O–H groups in total. The van der Waals surface area contributed by atoms with Gasteiger partial charge in [0.15, 0.2) is 12.6 Å². The fraction of sp³-hybridized carbons (Fsp3) is 0.176. The average Bonchev–Trinajstić information content (AvgIpc) is 3.07. The molecular formula is C34H33N5O4. The number of carbonyl (C=O) groups is 2. The van der Waals surface area contributed by atoms with Crippen molar-refractivity contribution in [2.24, 2.45) is 0 Å². The maximum Gasteiger partial charge on any atom is 0.172 e. The number of para-hydroxylation sites is 1. The summed E-state index contributed by atoms with van der Waals surface area (Å²) in [4.78, 5) is 36.9. The van der Waals surface area contributed by atoms with Crippen LogP contribution in [0.15, 0.2) is 72.9 Å². The Morgan fingerprint density at radius 1 is 0.814 bits per heavy atom. The van der Waals surface area contributed by atoms with Gasteiger partial charge in [-0.3, -0.25) is 14.6 Å². The zero-order valence-electron chi connectivity index (χ0n) is 24.5. The summed E-state index contributed by atoms with van der Waals surface area (Å²) in [6.45, 7) is 6.14. The quantitative estimate of drug-likeness (QED) is 0.129. The van der Waals surface area contributed by atoms with Gasteiger partial charge in [-0.05, 0) is 36.6 Å². The van der Waals surface area contributed by atoms with Crippen LogP contribution in [0.5, 0.6) is 11.5 Å². The van der Waals surface area contributed by atoms with Crippen molar-refractivity contribution in [1.29, 1.82) is 5.41 Å². The Labute approximate surface area is 250 Å². The summed E-state index contributed by atoms with van der Waals surface area (Å²) < 4.78 is 11.9. The topological polar surface area (TPSA) is 127 Å². The summed E-state index contributed by atoms with van der Waals surface area (Å²) in [5.41, 5.74) is 5.53. The third kappa shape index (κ3) is 6.73. The first-order valence-corrected chi connectivity index (χ1v) is 13.9. The lowest BCUT2D eigenvalue weighted by Gasteiger charge is -2.15. The molecule has 43 heavy (non-hydrogen) atoms. The van der Waals surface area contributed by atoms with Gasteiger partial charge in [-0.25, -0.2) is 9.97 Å².